The maximum absolute atomic E-state index is 5.90. The number of nitrogen functional groups attached to an aromatic ring is 1. The first-order valence-electron chi connectivity index (χ1n) is 4.73. The van der Waals surface area contributed by atoms with Gasteiger partial charge in [0.2, 0.25) is 0 Å². The zero-order valence-electron chi connectivity index (χ0n) is 9.08. The molecule has 0 bridgehead atoms. The predicted molar refractivity (Wildman–Crippen MR) is 64.9 cm³/mol. The Morgan fingerprint density at radius 2 is 2.07 bits per heavy atom. The Labute approximate surface area is 90.5 Å². The molecule has 0 unspecified atom stereocenters. The molecule has 0 amide bonds. The van der Waals surface area contributed by atoms with Crippen LogP contribution in [-0.2, 0) is 0 Å². The standard InChI is InChI=1S/C11H18N2S/c1-9-4-5-11(10(12)8-9)14-7-6-13(2)3/h4-5,8H,6-7,12H2,1-3H3. The third kappa shape index (κ3) is 3.60. The van der Waals surface area contributed by atoms with E-state index in [0.29, 0.717) is 0 Å². The summed E-state index contributed by atoms with van der Waals surface area (Å²) in [6.45, 7) is 3.14. The van der Waals surface area contributed by atoms with Crippen LogP contribution in [0, 0.1) is 6.92 Å². The van der Waals surface area contributed by atoms with Gasteiger partial charge in [-0.25, -0.2) is 0 Å². The Balaban J connectivity index is 2.51. The lowest BCUT2D eigenvalue weighted by Crippen LogP contribution is -2.14. The molecule has 0 atom stereocenters. The van der Waals surface area contributed by atoms with Crippen molar-refractivity contribution < 1.29 is 0 Å². The fourth-order valence-corrected chi connectivity index (χ4v) is 2.20. The zero-order chi connectivity index (χ0) is 10.6. The zero-order valence-corrected chi connectivity index (χ0v) is 9.90. The first-order chi connectivity index (χ1) is 6.59. The number of anilines is 1. The van der Waals surface area contributed by atoms with Crippen molar-refractivity contribution in [3.8, 4) is 0 Å². The van der Waals surface area contributed by atoms with Gasteiger partial charge in [0.1, 0.15) is 0 Å². The fraction of sp³-hybridized carbons (Fsp3) is 0.455. The van der Waals surface area contributed by atoms with Crippen LogP contribution in [0.25, 0.3) is 0 Å². The second-order valence-electron chi connectivity index (χ2n) is 3.69. The minimum absolute atomic E-state index is 0.897. The molecular weight excluding hydrogens is 192 g/mol. The summed E-state index contributed by atoms with van der Waals surface area (Å²) in [5, 5.41) is 0. The van der Waals surface area contributed by atoms with Crippen molar-refractivity contribution in [2.24, 2.45) is 0 Å². The van der Waals surface area contributed by atoms with Crippen molar-refractivity contribution in [3.05, 3.63) is 23.8 Å². The van der Waals surface area contributed by atoms with Crippen molar-refractivity contribution in [3.63, 3.8) is 0 Å². The Morgan fingerprint density at radius 3 is 2.64 bits per heavy atom. The molecule has 0 aliphatic heterocycles. The monoisotopic (exact) mass is 210 g/mol. The van der Waals surface area contributed by atoms with Crippen LogP contribution in [0.5, 0.6) is 0 Å². The molecule has 0 radical (unpaired) electrons. The smallest absolute Gasteiger partial charge is 0.0454 e. The molecule has 1 rings (SSSR count). The van der Waals surface area contributed by atoms with E-state index < -0.39 is 0 Å². The van der Waals surface area contributed by atoms with Crippen LogP contribution in [0.1, 0.15) is 5.56 Å². The summed E-state index contributed by atoms with van der Waals surface area (Å²) in [5.41, 5.74) is 8.02. The summed E-state index contributed by atoms with van der Waals surface area (Å²) in [6.07, 6.45) is 0. The van der Waals surface area contributed by atoms with E-state index >= 15 is 0 Å². The number of nitrogens with two attached hydrogens (primary N) is 1. The molecule has 3 heteroatoms. The maximum Gasteiger partial charge on any atom is 0.0454 e. The SMILES string of the molecule is Cc1ccc(SCCN(C)C)c(N)c1. The minimum Gasteiger partial charge on any atom is -0.398 e. The second kappa shape index (κ2) is 5.27. The van der Waals surface area contributed by atoms with E-state index in [9.17, 15) is 0 Å². The largest absolute Gasteiger partial charge is 0.398 e. The van der Waals surface area contributed by atoms with Gasteiger partial charge < -0.3 is 10.6 Å². The van der Waals surface area contributed by atoms with Gasteiger partial charge in [-0.1, -0.05) is 6.07 Å². The molecule has 14 heavy (non-hydrogen) atoms. The lowest BCUT2D eigenvalue weighted by Gasteiger charge is -2.10. The Morgan fingerprint density at radius 1 is 1.36 bits per heavy atom. The maximum atomic E-state index is 5.90. The fourth-order valence-electron chi connectivity index (χ4n) is 1.14. The summed E-state index contributed by atoms with van der Waals surface area (Å²) in [5.74, 6) is 1.08. The Hall–Kier alpha value is -0.670. The second-order valence-corrected chi connectivity index (χ2v) is 4.83. The van der Waals surface area contributed by atoms with Crippen molar-refractivity contribution in [1.29, 1.82) is 0 Å². The van der Waals surface area contributed by atoms with Gasteiger partial charge in [-0.15, -0.1) is 11.8 Å². The molecule has 0 aromatic heterocycles. The molecule has 0 spiro atoms. The number of rotatable bonds is 4. The summed E-state index contributed by atoms with van der Waals surface area (Å²) in [7, 11) is 4.16. The van der Waals surface area contributed by atoms with Gasteiger partial charge >= 0.3 is 0 Å². The van der Waals surface area contributed by atoms with Crippen molar-refractivity contribution >= 4 is 17.4 Å². The highest BCUT2D eigenvalue weighted by Crippen LogP contribution is 2.25. The summed E-state index contributed by atoms with van der Waals surface area (Å²) in [4.78, 5) is 3.37. The van der Waals surface area contributed by atoms with Crippen molar-refractivity contribution in [2.45, 2.75) is 11.8 Å². The average molecular weight is 210 g/mol. The lowest BCUT2D eigenvalue weighted by atomic mass is 10.2. The molecule has 2 N–H and O–H groups in total. The van der Waals surface area contributed by atoms with E-state index in [1.807, 2.05) is 17.8 Å². The van der Waals surface area contributed by atoms with Crippen LogP contribution in [-0.4, -0.2) is 31.3 Å². The van der Waals surface area contributed by atoms with Crippen LogP contribution >= 0.6 is 11.8 Å². The van der Waals surface area contributed by atoms with Crippen LogP contribution in [0.2, 0.25) is 0 Å². The predicted octanol–water partition coefficient (Wildman–Crippen LogP) is 2.23. The quantitative estimate of drug-likeness (QED) is 0.610. The first kappa shape index (κ1) is 11.4. The van der Waals surface area contributed by atoms with Gasteiger partial charge in [0.05, 0.1) is 0 Å². The number of aryl methyl sites for hydroxylation is 1. The van der Waals surface area contributed by atoms with Gasteiger partial charge in [-0.2, -0.15) is 0 Å². The van der Waals surface area contributed by atoms with Gasteiger partial charge in [-0.05, 0) is 38.7 Å². The molecule has 1 aromatic carbocycles. The highest BCUT2D eigenvalue weighted by molar-refractivity contribution is 7.99. The molecule has 0 saturated heterocycles. The van der Waals surface area contributed by atoms with E-state index in [2.05, 4.69) is 38.1 Å². The normalized spacial score (nSPS) is 10.9. The third-order valence-electron chi connectivity index (χ3n) is 1.96. The number of hydrogen-bond acceptors (Lipinski definition) is 3. The van der Waals surface area contributed by atoms with Crippen molar-refractivity contribution in [1.82, 2.24) is 4.90 Å². The number of benzene rings is 1. The van der Waals surface area contributed by atoms with E-state index in [1.54, 1.807) is 0 Å². The molecule has 0 aliphatic rings. The average Bonchev–Trinajstić information content (AvgIpc) is 2.08. The topological polar surface area (TPSA) is 29.3 Å². The highest BCUT2D eigenvalue weighted by Gasteiger charge is 2.00. The van der Waals surface area contributed by atoms with E-state index in [-0.39, 0.29) is 0 Å². The van der Waals surface area contributed by atoms with Crippen LogP contribution in [0.15, 0.2) is 23.1 Å². The summed E-state index contributed by atoms with van der Waals surface area (Å²) in [6, 6.07) is 6.23. The molecule has 0 heterocycles. The first-order valence-corrected chi connectivity index (χ1v) is 5.72. The molecule has 0 aliphatic carbocycles. The lowest BCUT2D eigenvalue weighted by molar-refractivity contribution is 0.437. The number of nitrogens with zero attached hydrogens (tertiary/aromatic N) is 1. The van der Waals surface area contributed by atoms with Gasteiger partial charge in [0, 0.05) is 22.9 Å². The van der Waals surface area contributed by atoms with E-state index in [1.165, 1.54) is 10.5 Å². The number of thioether (sulfide) groups is 1. The molecule has 2 nitrogen and oxygen atoms in total. The van der Waals surface area contributed by atoms with E-state index in [4.69, 9.17) is 5.73 Å². The Kier molecular flexibility index (Phi) is 4.29. The van der Waals surface area contributed by atoms with Crippen LogP contribution in [0.4, 0.5) is 5.69 Å². The summed E-state index contributed by atoms with van der Waals surface area (Å²) < 4.78 is 0. The molecule has 1 aromatic rings. The van der Waals surface area contributed by atoms with Crippen LogP contribution in [0.3, 0.4) is 0 Å². The van der Waals surface area contributed by atoms with Crippen LogP contribution < -0.4 is 5.73 Å². The van der Waals surface area contributed by atoms with Gasteiger partial charge in [0.25, 0.3) is 0 Å². The highest BCUT2D eigenvalue weighted by atomic mass is 32.2. The minimum atomic E-state index is 0.897. The number of hydrogen-bond donors (Lipinski definition) is 1. The summed E-state index contributed by atoms with van der Waals surface area (Å²) >= 11 is 1.82. The van der Waals surface area contributed by atoms with Crippen molar-refractivity contribution in [2.75, 3.05) is 32.1 Å². The Bertz CT molecular complexity index is 297. The van der Waals surface area contributed by atoms with Gasteiger partial charge in [-0.3, -0.25) is 0 Å². The molecule has 78 valence electrons. The van der Waals surface area contributed by atoms with Gasteiger partial charge in [0.15, 0.2) is 0 Å². The molecular formula is C11H18N2S. The molecule has 0 saturated carbocycles. The third-order valence-corrected chi connectivity index (χ3v) is 3.03. The molecule has 0 fully saturated rings. The van der Waals surface area contributed by atoms with E-state index in [0.717, 1.165) is 18.0 Å².